The molecular weight excluding hydrogens is 579 g/mol. The second kappa shape index (κ2) is 16.1. The zero-order valence-electron chi connectivity index (χ0n) is 26.4. The number of rotatable bonds is 6. The first-order valence-corrected chi connectivity index (χ1v) is 15.6. The summed E-state index contributed by atoms with van der Waals surface area (Å²) in [4.78, 5) is 33.1. The average Bonchev–Trinajstić information content (AvgIpc) is 3.73. The number of carbonyl (C=O) groups excluding carboxylic acids is 2. The maximum Gasteiger partial charge on any atom is 0.252 e. The Labute approximate surface area is 264 Å². The predicted octanol–water partition coefficient (Wildman–Crippen LogP) is 7.15. The van der Waals surface area contributed by atoms with Gasteiger partial charge < -0.3 is 10.2 Å². The number of aryl methyl sites for hydroxylation is 1. The van der Waals surface area contributed by atoms with Gasteiger partial charge in [0.1, 0.15) is 11.6 Å². The van der Waals surface area contributed by atoms with Crippen LogP contribution in [0.5, 0.6) is 0 Å². The van der Waals surface area contributed by atoms with Crippen molar-refractivity contribution in [1.29, 1.82) is 5.26 Å². The van der Waals surface area contributed by atoms with Gasteiger partial charge in [0.25, 0.3) is 11.8 Å². The highest BCUT2D eigenvalue weighted by atomic mass is 19.3. The normalized spacial score (nSPS) is 19.0. The quantitative estimate of drug-likeness (QED) is 0.295. The molecule has 1 N–H and O–H groups in total. The number of carbonyl (C=O) groups is 2. The Kier molecular flexibility index (Phi) is 12.5. The third-order valence-corrected chi connectivity index (χ3v) is 7.93. The van der Waals surface area contributed by atoms with Gasteiger partial charge in [-0.05, 0) is 67.1 Å². The van der Waals surface area contributed by atoms with E-state index in [1.165, 1.54) is 35.9 Å². The summed E-state index contributed by atoms with van der Waals surface area (Å²) in [6.45, 7) is 10.1. The van der Waals surface area contributed by atoms with Gasteiger partial charge in [-0.1, -0.05) is 58.0 Å². The van der Waals surface area contributed by atoms with Crippen molar-refractivity contribution < 1.29 is 22.8 Å². The second-order valence-electron chi connectivity index (χ2n) is 10.6. The molecule has 6 rings (SSSR count). The van der Waals surface area contributed by atoms with Crippen molar-refractivity contribution in [2.75, 3.05) is 22.9 Å². The molecule has 1 aromatic heterocycles. The van der Waals surface area contributed by atoms with Crippen molar-refractivity contribution in [1.82, 2.24) is 10.3 Å². The highest BCUT2D eigenvalue weighted by Crippen LogP contribution is 2.45. The van der Waals surface area contributed by atoms with Crippen LogP contribution in [-0.2, 0) is 21.5 Å². The van der Waals surface area contributed by atoms with E-state index < -0.39 is 42.1 Å². The molecule has 1 atom stereocenters. The van der Waals surface area contributed by atoms with E-state index in [0.717, 1.165) is 24.5 Å². The van der Waals surface area contributed by atoms with Crippen molar-refractivity contribution in [2.45, 2.75) is 83.7 Å². The van der Waals surface area contributed by atoms with E-state index >= 15 is 0 Å². The minimum absolute atomic E-state index is 0.237. The van der Waals surface area contributed by atoms with E-state index in [1.54, 1.807) is 30.5 Å². The van der Waals surface area contributed by atoms with Gasteiger partial charge >= 0.3 is 0 Å². The number of aromatic nitrogens is 1. The molecule has 3 aliphatic rings. The molecule has 1 unspecified atom stereocenters. The highest BCUT2D eigenvalue weighted by Gasteiger charge is 2.53. The molecule has 3 aromatic rings. The third-order valence-electron chi connectivity index (χ3n) is 7.93. The predicted molar refractivity (Wildman–Crippen MR) is 171 cm³/mol. The van der Waals surface area contributed by atoms with Crippen LogP contribution in [-0.4, -0.2) is 42.4 Å². The number of anilines is 2. The van der Waals surface area contributed by atoms with Crippen LogP contribution in [0.4, 0.5) is 24.7 Å². The molecule has 0 bridgehead atoms. The lowest BCUT2D eigenvalue weighted by Crippen LogP contribution is -2.60. The van der Waals surface area contributed by atoms with Crippen LogP contribution < -0.4 is 15.1 Å². The van der Waals surface area contributed by atoms with Crippen LogP contribution in [0, 0.1) is 17.1 Å². The van der Waals surface area contributed by atoms with E-state index in [0.29, 0.717) is 24.0 Å². The maximum absolute atomic E-state index is 13.8. The summed E-state index contributed by atoms with van der Waals surface area (Å²) >= 11 is 0. The average molecular weight is 622 g/mol. The van der Waals surface area contributed by atoms with Crippen LogP contribution >= 0.6 is 0 Å². The van der Waals surface area contributed by atoms with Crippen LogP contribution in [0.25, 0.3) is 0 Å². The first kappa shape index (κ1) is 35.1. The number of pyridine rings is 1. The number of halogens is 3. The summed E-state index contributed by atoms with van der Waals surface area (Å²) in [5.41, 5.74) is 1.06. The fourth-order valence-electron chi connectivity index (χ4n) is 5.86. The molecule has 2 heterocycles. The van der Waals surface area contributed by atoms with Crippen molar-refractivity contribution in [2.24, 2.45) is 0 Å². The smallest absolute Gasteiger partial charge is 0.252 e. The summed E-state index contributed by atoms with van der Waals surface area (Å²) in [5.74, 6) is -2.89. The van der Waals surface area contributed by atoms with Crippen molar-refractivity contribution in [3.8, 4) is 6.07 Å². The number of hydrogen-bond acceptors (Lipinski definition) is 5. The lowest BCUT2D eigenvalue weighted by atomic mass is 9.84. The lowest BCUT2D eigenvalue weighted by molar-refractivity contribution is -0.135. The molecule has 1 saturated heterocycles. The van der Waals surface area contributed by atoms with Gasteiger partial charge in [-0.25, -0.2) is 18.2 Å². The Hall–Kier alpha value is -4.39. The number of nitriles is 1. The summed E-state index contributed by atoms with van der Waals surface area (Å²) in [6.07, 6.45) is 4.67. The molecule has 1 saturated carbocycles. The Morgan fingerprint density at radius 2 is 1.73 bits per heavy atom. The summed E-state index contributed by atoms with van der Waals surface area (Å²) in [5, 5.41) is 11.4. The first-order valence-electron chi connectivity index (χ1n) is 15.6. The van der Waals surface area contributed by atoms with Gasteiger partial charge in [0.15, 0.2) is 5.54 Å². The minimum Gasteiger partial charge on any atom is -0.357 e. The molecule has 2 aromatic carbocycles. The summed E-state index contributed by atoms with van der Waals surface area (Å²) in [6, 6.07) is 17.7. The van der Waals surface area contributed by atoms with E-state index in [4.69, 9.17) is 5.26 Å². The highest BCUT2D eigenvalue weighted by molar-refractivity contribution is 5.98. The molecule has 45 heavy (non-hydrogen) atoms. The second-order valence-corrected chi connectivity index (χ2v) is 10.6. The maximum atomic E-state index is 13.8. The molecule has 2 amide bonds. The Balaban J connectivity index is 0.000000271. The van der Waals surface area contributed by atoms with Gasteiger partial charge in [0.05, 0.1) is 11.6 Å². The zero-order valence-corrected chi connectivity index (χ0v) is 26.4. The number of amides is 2. The fourth-order valence-corrected chi connectivity index (χ4v) is 5.86. The first-order chi connectivity index (χ1) is 21.8. The van der Waals surface area contributed by atoms with Crippen molar-refractivity contribution in [3.05, 3.63) is 89.4 Å². The standard InChI is InChI=1S/C21H19F3N2O2.C10H11N3.2C2H6/c22-15-5-3-6-17(10-15)26(13-27)21(9-8-14-4-1-2-7-18(14)21)19(28)25-16-11-20(23,24)12-16;11-8-9-3-4-12-10(7-9)13-5-1-2-6-13;2*1-2/h1-7,10,13,16H,8-9,11-12H2,(H,25,28);3-4,7H,1-2,5-6H2;2*1-2H3. The van der Waals surface area contributed by atoms with Crippen molar-refractivity contribution >= 4 is 23.8 Å². The number of nitrogens with one attached hydrogen (secondary N) is 1. The molecule has 7 nitrogen and oxygen atoms in total. The lowest BCUT2D eigenvalue weighted by Gasteiger charge is -2.42. The van der Waals surface area contributed by atoms with Gasteiger partial charge in [0.2, 0.25) is 6.41 Å². The minimum atomic E-state index is -2.77. The van der Waals surface area contributed by atoms with E-state index in [9.17, 15) is 22.8 Å². The molecule has 0 spiro atoms. The topological polar surface area (TPSA) is 89.3 Å². The van der Waals surface area contributed by atoms with Crippen LogP contribution in [0.3, 0.4) is 0 Å². The molecular formula is C35H42F3N5O2. The van der Waals surface area contributed by atoms with E-state index in [-0.39, 0.29) is 12.1 Å². The number of fused-ring (bicyclic) bond motifs is 1. The Morgan fingerprint density at radius 3 is 2.36 bits per heavy atom. The van der Waals surface area contributed by atoms with Crippen LogP contribution in [0.15, 0.2) is 66.9 Å². The SMILES string of the molecule is CC.CC.N#Cc1ccnc(N2CCCC2)c1.O=CN(c1cccc(F)c1)C1(C(=O)NC2CC(F)(F)C2)CCc2ccccc21. The van der Waals surface area contributed by atoms with Gasteiger partial charge in [0, 0.05) is 43.9 Å². The van der Waals surface area contributed by atoms with E-state index in [2.05, 4.69) is 21.3 Å². The number of hydrogen-bond donors (Lipinski definition) is 1. The fraction of sp³-hybridized carbons (Fsp3) is 0.429. The molecule has 0 radical (unpaired) electrons. The molecule has 10 heteroatoms. The molecule has 1 aliphatic heterocycles. The largest absolute Gasteiger partial charge is 0.357 e. The summed E-state index contributed by atoms with van der Waals surface area (Å²) < 4.78 is 40.3. The van der Waals surface area contributed by atoms with E-state index in [1.807, 2.05) is 45.9 Å². The van der Waals surface area contributed by atoms with Crippen LogP contribution in [0.1, 0.15) is 76.5 Å². The van der Waals surface area contributed by atoms with Crippen molar-refractivity contribution in [3.63, 3.8) is 0 Å². The Bertz CT molecular complexity index is 1460. The molecule has 2 fully saturated rings. The number of benzene rings is 2. The van der Waals surface area contributed by atoms with Gasteiger partial charge in [-0.15, -0.1) is 0 Å². The number of nitrogens with zero attached hydrogens (tertiary/aromatic N) is 4. The summed E-state index contributed by atoms with van der Waals surface area (Å²) in [7, 11) is 0. The molecule has 2 aliphatic carbocycles. The van der Waals surface area contributed by atoms with Gasteiger partial charge in [-0.3, -0.25) is 14.5 Å². The van der Waals surface area contributed by atoms with Gasteiger partial charge in [-0.2, -0.15) is 5.26 Å². The third kappa shape index (κ3) is 8.01. The zero-order chi connectivity index (χ0) is 33.0. The molecule has 240 valence electrons. The monoisotopic (exact) mass is 621 g/mol. The number of alkyl halides is 2. The Morgan fingerprint density at radius 1 is 1.04 bits per heavy atom. The van der Waals surface area contributed by atoms with Crippen LogP contribution in [0.2, 0.25) is 0 Å².